The molecule has 108 valence electrons. The minimum atomic E-state index is -4.35. The van der Waals surface area contributed by atoms with Gasteiger partial charge in [-0.15, -0.1) is 0 Å². The Morgan fingerprint density at radius 1 is 1.20 bits per heavy atom. The van der Waals surface area contributed by atoms with E-state index < -0.39 is 11.7 Å². The van der Waals surface area contributed by atoms with Crippen LogP contribution in [-0.4, -0.2) is 12.0 Å². The van der Waals surface area contributed by atoms with Crippen LogP contribution in [0.25, 0.3) is 0 Å². The Bertz CT molecular complexity index is 551. The summed E-state index contributed by atoms with van der Waals surface area (Å²) in [6, 6.07) is 6.12. The Hall–Kier alpha value is -1.47. The van der Waals surface area contributed by atoms with E-state index in [1.165, 1.54) is 17.8 Å². The molecule has 0 atom stereocenters. The Morgan fingerprint density at radius 3 is 2.55 bits per heavy atom. The molecule has 0 saturated carbocycles. The molecule has 0 bridgehead atoms. The summed E-state index contributed by atoms with van der Waals surface area (Å²) < 4.78 is 42.7. The first-order valence-corrected chi connectivity index (χ1v) is 6.86. The third-order valence-corrected chi connectivity index (χ3v) is 3.46. The van der Waals surface area contributed by atoms with Gasteiger partial charge in [0.05, 0.1) is 22.9 Å². The van der Waals surface area contributed by atoms with Crippen molar-refractivity contribution in [3.05, 3.63) is 47.5 Å². The summed E-state index contributed by atoms with van der Waals surface area (Å²) >= 11 is 1.33. The third-order valence-electron chi connectivity index (χ3n) is 2.49. The van der Waals surface area contributed by atoms with Crippen molar-refractivity contribution < 1.29 is 17.6 Å². The average Bonchev–Trinajstić information content (AvgIpc) is 2.84. The summed E-state index contributed by atoms with van der Waals surface area (Å²) in [5, 5.41) is 3.50. The molecule has 0 unspecified atom stereocenters. The summed E-state index contributed by atoms with van der Waals surface area (Å²) in [5.41, 5.74) is -0.740. The molecule has 20 heavy (non-hydrogen) atoms. The van der Waals surface area contributed by atoms with E-state index in [1.807, 2.05) is 19.2 Å². The number of aromatic nitrogens is 1. The highest BCUT2D eigenvalue weighted by Gasteiger charge is 2.30. The van der Waals surface area contributed by atoms with Gasteiger partial charge in [0.2, 0.25) is 0 Å². The number of alkyl halides is 3. The van der Waals surface area contributed by atoms with Crippen LogP contribution in [0.15, 0.2) is 39.9 Å². The molecule has 0 fully saturated rings. The van der Waals surface area contributed by atoms with Gasteiger partial charge in [0, 0.05) is 6.20 Å². The highest BCUT2D eigenvalue weighted by atomic mass is 32.2. The second kappa shape index (κ2) is 6.32. The fourth-order valence-corrected chi connectivity index (χ4v) is 2.28. The molecule has 3 nitrogen and oxygen atoms in total. The number of nitrogens with zero attached hydrogens (tertiary/aromatic N) is 1. The van der Waals surface area contributed by atoms with E-state index in [0.29, 0.717) is 17.3 Å². The molecule has 2 heterocycles. The molecule has 1 N–H and O–H groups in total. The lowest BCUT2D eigenvalue weighted by Gasteiger charge is -2.06. The quantitative estimate of drug-likeness (QED) is 0.855. The zero-order valence-corrected chi connectivity index (χ0v) is 11.5. The number of pyridine rings is 1. The highest BCUT2D eigenvalue weighted by molar-refractivity contribution is 7.98. The Balaban J connectivity index is 1.93. The van der Waals surface area contributed by atoms with E-state index in [0.717, 1.165) is 23.8 Å². The predicted octanol–water partition coefficient (Wildman–Crippen LogP) is 3.71. The lowest BCUT2D eigenvalue weighted by Crippen LogP contribution is -2.05. The van der Waals surface area contributed by atoms with Crippen LogP contribution < -0.4 is 5.32 Å². The van der Waals surface area contributed by atoms with E-state index in [1.54, 1.807) is 0 Å². The average molecular weight is 302 g/mol. The monoisotopic (exact) mass is 302 g/mol. The Labute approximate surface area is 118 Å². The van der Waals surface area contributed by atoms with Gasteiger partial charge in [0.15, 0.2) is 0 Å². The van der Waals surface area contributed by atoms with Crippen LogP contribution in [0.1, 0.15) is 17.1 Å². The standard InChI is InChI=1S/C13H13F3N2OS/c1-17-7-10-3-4-11(19-10)8-20-12-5-2-9(6-18-12)13(14,15)16/h2-6,17H,7-8H2,1H3. The van der Waals surface area contributed by atoms with Gasteiger partial charge in [-0.2, -0.15) is 13.2 Å². The number of nitrogens with one attached hydrogen (secondary N) is 1. The normalized spacial score (nSPS) is 11.8. The minimum Gasteiger partial charge on any atom is -0.464 e. The van der Waals surface area contributed by atoms with Crippen molar-refractivity contribution in [1.29, 1.82) is 0 Å². The van der Waals surface area contributed by atoms with E-state index in [9.17, 15) is 13.2 Å². The molecular weight excluding hydrogens is 289 g/mol. The first-order chi connectivity index (χ1) is 9.49. The van der Waals surface area contributed by atoms with Crippen molar-refractivity contribution in [1.82, 2.24) is 10.3 Å². The van der Waals surface area contributed by atoms with Crippen LogP contribution >= 0.6 is 11.8 Å². The highest BCUT2D eigenvalue weighted by Crippen LogP contribution is 2.30. The lowest BCUT2D eigenvalue weighted by molar-refractivity contribution is -0.137. The zero-order chi connectivity index (χ0) is 14.6. The molecule has 0 aliphatic carbocycles. The van der Waals surface area contributed by atoms with Gasteiger partial charge >= 0.3 is 6.18 Å². The Kier molecular flexibility index (Phi) is 4.72. The largest absolute Gasteiger partial charge is 0.464 e. The van der Waals surface area contributed by atoms with E-state index in [-0.39, 0.29) is 0 Å². The van der Waals surface area contributed by atoms with E-state index in [2.05, 4.69) is 10.3 Å². The van der Waals surface area contributed by atoms with Crippen LogP contribution in [0.2, 0.25) is 0 Å². The van der Waals surface area contributed by atoms with Gasteiger partial charge in [-0.1, -0.05) is 11.8 Å². The maximum atomic E-state index is 12.4. The maximum absolute atomic E-state index is 12.4. The number of thioether (sulfide) groups is 1. The fraction of sp³-hybridized carbons (Fsp3) is 0.308. The maximum Gasteiger partial charge on any atom is 0.417 e. The molecule has 2 rings (SSSR count). The van der Waals surface area contributed by atoms with Crippen LogP contribution in [0.4, 0.5) is 13.2 Å². The van der Waals surface area contributed by atoms with Crippen LogP contribution in [0.3, 0.4) is 0 Å². The van der Waals surface area contributed by atoms with E-state index >= 15 is 0 Å². The summed E-state index contributed by atoms with van der Waals surface area (Å²) in [6.45, 7) is 0.642. The van der Waals surface area contributed by atoms with Gasteiger partial charge in [-0.05, 0) is 31.3 Å². The molecular formula is C13H13F3N2OS. The molecule has 2 aromatic heterocycles. The third kappa shape index (κ3) is 4.01. The molecule has 0 aliphatic heterocycles. The minimum absolute atomic E-state index is 0.530. The number of hydrogen-bond donors (Lipinski definition) is 1. The molecule has 0 aromatic carbocycles. The lowest BCUT2D eigenvalue weighted by atomic mass is 10.3. The fourth-order valence-electron chi connectivity index (χ4n) is 1.55. The number of rotatable bonds is 5. The van der Waals surface area contributed by atoms with Gasteiger partial charge in [0.25, 0.3) is 0 Å². The summed E-state index contributed by atoms with van der Waals surface area (Å²) in [7, 11) is 1.82. The molecule has 0 radical (unpaired) electrons. The Morgan fingerprint density at radius 2 is 1.95 bits per heavy atom. The molecule has 0 aliphatic rings. The molecule has 0 amide bonds. The van der Waals surface area contributed by atoms with Crippen LogP contribution in [0.5, 0.6) is 0 Å². The van der Waals surface area contributed by atoms with Gasteiger partial charge < -0.3 is 9.73 Å². The van der Waals surface area contributed by atoms with Crippen molar-refractivity contribution in [2.75, 3.05) is 7.05 Å². The van der Waals surface area contributed by atoms with Gasteiger partial charge in [-0.25, -0.2) is 4.98 Å². The van der Waals surface area contributed by atoms with Crippen molar-refractivity contribution in [2.45, 2.75) is 23.5 Å². The molecule has 0 spiro atoms. The van der Waals surface area contributed by atoms with Crippen LogP contribution in [-0.2, 0) is 18.5 Å². The van der Waals surface area contributed by atoms with Crippen LogP contribution in [0, 0.1) is 0 Å². The molecule has 0 saturated heterocycles. The van der Waals surface area contributed by atoms with Crippen molar-refractivity contribution >= 4 is 11.8 Å². The second-order valence-electron chi connectivity index (χ2n) is 4.07. The van der Waals surface area contributed by atoms with Crippen molar-refractivity contribution in [3.63, 3.8) is 0 Å². The van der Waals surface area contributed by atoms with E-state index in [4.69, 9.17) is 4.42 Å². The van der Waals surface area contributed by atoms with Crippen molar-refractivity contribution in [3.8, 4) is 0 Å². The molecule has 7 heteroatoms. The SMILES string of the molecule is CNCc1ccc(CSc2ccc(C(F)(F)F)cn2)o1. The summed E-state index contributed by atoms with van der Waals surface area (Å²) in [6.07, 6.45) is -3.50. The number of furan rings is 1. The van der Waals surface area contributed by atoms with Crippen molar-refractivity contribution in [2.24, 2.45) is 0 Å². The smallest absolute Gasteiger partial charge is 0.417 e. The number of halogens is 3. The summed E-state index contributed by atoms with van der Waals surface area (Å²) in [5.74, 6) is 2.12. The zero-order valence-electron chi connectivity index (χ0n) is 10.7. The summed E-state index contributed by atoms with van der Waals surface area (Å²) in [4.78, 5) is 3.79. The topological polar surface area (TPSA) is 38.1 Å². The molecule has 2 aromatic rings. The van der Waals surface area contributed by atoms with Gasteiger partial charge in [0.1, 0.15) is 11.5 Å². The first-order valence-electron chi connectivity index (χ1n) is 5.87. The number of hydrogen-bond acceptors (Lipinski definition) is 4. The second-order valence-corrected chi connectivity index (χ2v) is 5.07. The predicted molar refractivity (Wildman–Crippen MR) is 70.3 cm³/mol. The van der Waals surface area contributed by atoms with Gasteiger partial charge in [-0.3, -0.25) is 0 Å². The first kappa shape index (κ1) is 14.9.